The summed E-state index contributed by atoms with van der Waals surface area (Å²) in [7, 11) is 0. The van der Waals surface area contributed by atoms with Crippen LogP contribution < -0.4 is 0 Å². The summed E-state index contributed by atoms with van der Waals surface area (Å²) in [5.41, 5.74) is 1.06. The third-order valence-electron chi connectivity index (χ3n) is 2.04. The second-order valence-corrected chi connectivity index (χ2v) is 4.69. The molecule has 1 aromatic rings. The van der Waals surface area contributed by atoms with Gasteiger partial charge in [0, 0.05) is 9.13 Å². The highest BCUT2D eigenvalue weighted by atomic mass is 127. The number of hydrogen-bond acceptors (Lipinski definition) is 2. The minimum Gasteiger partial charge on any atom is -0.346 e. The monoisotopic (exact) mass is 324 g/mol. The van der Waals surface area contributed by atoms with Gasteiger partial charge in [-0.05, 0) is 34.7 Å². The molecule has 0 radical (unpaired) electrons. The van der Waals surface area contributed by atoms with Gasteiger partial charge >= 0.3 is 0 Å². The maximum Gasteiger partial charge on any atom is 0.184 e. The lowest BCUT2D eigenvalue weighted by Gasteiger charge is -2.10. The molecule has 2 unspecified atom stereocenters. The van der Waals surface area contributed by atoms with E-state index in [9.17, 15) is 0 Å². The Hall–Kier alpha value is 0.160. The summed E-state index contributed by atoms with van der Waals surface area (Å²) >= 11 is 7.95. The minimum atomic E-state index is -0.242. The highest BCUT2D eigenvalue weighted by Gasteiger charge is 2.26. The van der Waals surface area contributed by atoms with E-state index in [0.717, 1.165) is 5.56 Å². The maximum atomic E-state index is 5.69. The molecule has 0 aromatic heterocycles. The van der Waals surface area contributed by atoms with Crippen LogP contribution in [-0.4, -0.2) is 18.6 Å². The lowest BCUT2D eigenvalue weighted by molar-refractivity contribution is -0.0567. The van der Waals surface area contributed by atoms with Crippen molar-refractivity contribution in [1.29, 1.82) is 0 Å². The molecule has 1 aromatic carbocycles. The smallest absolute Gasteiger partial charge is 0.184 e. The zero-order valence-electron chi connectivity index (χ0n) is 7.45. The molecule has 1 aliphatic rings. The predicted molar refractivity (Wildman–Crippen MR) is 63.4 cm³/mol. The molecule has 1 saturated heterocycles. The van der Waals surface area contributed by atoms with Gasteiger partial charge in [-0.2, -0.15) is 0 Å². The molecule has 4 heteroatoms. The molecule has 2 nitrogen and oxygen atoms in total. The molecule has 1 heterocycles. The summed E-state index contributed by atoms with van der Waals surface area (Å²) in [6, 6.07) is 8.10. The molecule has 1 fully saturated rings. The van der Waals surface area contributed by atoms with Crippen LogP contribution in [0.1, 0.15) is 11.9 Å². The van der Waals surface area contributed by atoms with Crippen molar-refractivity contribution in [3.05, 3.63) is 33.4 Å². The average molecular weight is 325 g/mol. The number of benzene rings is 1. The first-order chi connectivity index (χ1) is 6.79. The molecule has 2 atom stereocenters. The van der Waals surface area contributed by atoms with Crippen molar-refractivity contribution in [3.8, 4) is 0 Å². The van der Waals surface area contributed by atoms with Crippen molar-refractivity contribution in [1.82, 2.24) is 0 Å². The Morgan fingerprint density at radius 2 is 2.36 bits per heavy atom. The van der Waals surface area contributed by atoms with Gasteiger partial charge in [0.05, 0.1) is 18.6 Å². The molecule has 1 aliphatic heterocycles. The third-order valence-corrected chi connectivity index (χ3v) is 3.06. The van der Waals surface area contributed by atoms with Crippen molar-refractivity contribution in [3.63, 3.8) is 0 Å². The molecule has 0 amide bonds. The summed E-state index contributed by atoms with van der Waals surface area (Å²) in [5, 5.41) is 0. The van der Waals surface area contributed by atoms with Crippen molar-refractivity contribution >= 4 is 34.2 Å². The van der Waals surface area contributed by atoms with E-state index in [1.807, 2.05) is 18.2 Å². The Morgan fingerprint density at radius 1 is 1.50 bits per heavy atom. The van der Waals surface area contributed by atoms with Gasteiger partial charge < -0.3 is 9.47 Å². The van der Waals surface area contributed by atoms with Crippen LogP contribution in [0.4, 0.5) is 0 Å². The highest BCUT2D eigenvalue weighted by molar-refractivity contribution is 14.1. The molecule has 0 N–H and O–H groups in total. The lowest BCUT2D eigenvalue weighted by atomic mass is 10.2. The van der Waals surface area contributed by atoms with Crippen LogP contribution in [-0.2, 0) is 9.47 Å². The van der Waals surface area contributed by atoms with Gasteiger partial charge in [-0.3, -0.25) is 0 Å². The second-order valence-electron chi connectivity index (χ2n) is 3.13. The Balaban J connectivity index is 2.09. The van der Waals surface area contributed by atoms with Gasteiger partial charge in [0.15, 0.2) is 6.29 Å². The fraction of sp³-hybridized carbons (Fsp3) is 0.400. The second kappa shape index (κ2) is 4.79. The lowest BCUT2D eigenvalue weighted by Crippen LogP contribution is -2.10. The minimum absolute atomic E-state index is 0.0273. The first kappa shape index (κ1) is 10.7. The van der Waals surface area contributed by atoms with Crippen LogP contribution in [0.2, 0.25) is 0 Å². The molecule has 0 spiro atoms. The van der Waals surface area contributed by atoms with Crippen LogP contribution in [0, 0.1) is 3.57 Å². The number of rotatable bonds is 2. The fourth-order valence-electron chi connectivity index (χ4n) is 1.36. The maximum absolute atomic E-state index is 5.69. The number of alkyl halides is 1. The highest BCUT2D eigenvalue weighted by Crippen LogP contribution is 2.27. The molecule has 2 rings (SSSR count). The van der Waals surface area contributed by atoms with Crippen molar-refractivity contribution in [2.45, 2.75) is 12.4 Å². The molecular weight excluding hydrogens is 314 g/mol. The van der Waals surface area contributed by atoms with Gasteiger partial charge in [-0.15, -0.1) is 11.6 Å². The van der Waals surface area contributed by atoms with Crippen LogP contribution in [0.5, 0.6) is 0 Å². The van der Waals surface area contributed by atoms with Crippen LogP contribution >= 0.6 is 34.2 Å². The largest absolute Gasteiger partial charge is 0.346 e. The number of ether oxygens (including phenoxy) is 2. The van der Waals surface area contributed by atoms with Crippen molar-refractivity contribution in [2.75, 3.05) is 12.5 Å². The third kappa shape index (κ3) is 2.39. The van der Waals surface area contributed by atoms with E-state index >= 15 is 0 Å². The normalized spacial score (nSPS) is 26.7. The van der Waals surface area contributed by atoms with E-state index in [0.29, 0.717) is 12.5 Å². The summed E-state index contributed by atoms with van der Waals surface area (Å²) < 4.78 is 12.3. The van der Waals surface area contributed by atoms with Gasteiger partial charge in [-0.25, -0.2) is 0 Å². The molecule has 0 bridgehead atoms. The summed E-state index contributed by atoms with van der Waals surface area (Å²) in [6.07, 6.45) is -0.215. The van der Waals surface area contributed by atoms with Gasteiger partial charge in [-0.1, -0.05) is 12.1 Å². The van der Waals surface area contributed by atoms with E-state index in [2.05, 4.69) is 28.7 Å². The van der Waals surface area contributed by atoms with Crippen LogP contribution in [0.15, 0.2) is 24.3 Å². The molecule has 14 heavy (non-hydrogen) atoms. The Kier molecular flexibility index (Phi) is 3.65. The van der Waals surface area contributed by atoms with Crippen molar-refractivity contribution in [2.24, 2.45) is 0 Å². The quantitative estimate of drug-likeness (QED) is 0.615. The summed E-state index contributed by atoms with van der Waals surface area (Å²) in [6.45, 7) is 0.583. The molecular formula is C10H10ClIO2. The van der Waals surface area contributed by atoms with Gasteiger partial charge in [0.1, 0.15) is 0 Å². The first-order valence-electron chi connectivity index (χ1n) is 4.38. The zero-order chi connectivity index (χ0) is 9.97. The van der Waals surface area contributed by atoms with Gasteiger partial charge in [0.2, 0.25) is 0 Å². The topological polar surface area (TPSA) is 18.5 Å². The summed E-state index contributed by atoms with van der Waals surface area (Å²) in [5.74, 6) is 0.487. The Labute approximate surface area is 102 Å². The van der Waals surface area contributed by atoms with Crippen molar-refractivity contribution < 1.29 is 9.47 Å². The zero-order valence-corrected chi connectivity index (χ0v) is 10.4. The standard InChI is InChI=1S/C10H10ClIO2/c11-5-9-6-13-10(14-9)7-2-1-3-8(12)4-7/h1-4,9-10H,5-6H2. The van der Waals surface area contributed by atoms with E-state index in [-0.39, 0.29) is 12.4 Å². The van der Waals surface area contributed by atoms with Crippen LogP contribution in [0.25, 0.3) is 0 Å². The summed E-state index contributed by atoms with van der Waals surface area (Å²) in [4.78, 5) is 0. The Morgan fingerprint density at radius 3 is 3.00 bits per heavy atom. The SMILES string of the molecule is ClCC1COC(c2cccc(I)c2)O1. The van der Waals surface area contributed by atoms with E-state index in [4.69, 9.17) is 21.1 Å². The fourth-order valence-corrected chi connectivity index (χ4v) is 2.09. The van der Waals surface area contributed by atoms with E-state index in [1.54, 1.807) is 0 Å². The van der Waals surface area contributed by atoms with E-state index < -0.39 is 0 Å². The first-order valence-corrected chi connectivity index (χ1v) is 5.99. The Bertz CT molecular complexity index is 319. The number of hydrogen-bond donors (Lipinski definition) is 0. The molecule has 76 valence electrons. The number of halogens is 2. The van der Waals surface area contributed by atoms with Crippen LogP contribution in [0.3, 0.4) is 0 Å². The molecule has 0 aliphatic carbocycles. The van der Waals surface area contributed by atoms with E-state index in [1.165, 1.54) is 3.57 Å². The molecule has 0 saturated carbocycles. The van der Waals surface area contributed by atoms with Gasteiger partial charge in [0.25, 0.3) is 0 Å². The predicted octanol–water partition coefficient (Wildman–Crippen LogP) is 2.94. The average Bonchev–Trinajstić information content (AvgIpc) is 2.66.